The second-order valence-electron chi connectivity index (χ2n) is 4.99. The van der Waals surface area contributed by atoms with Crippen LogP contribution in [0.4, 0.5) is 0 Å². The number of benzene rings is 2. The number of nitrogens with two attached hydrogens (primary N) is 1. The minimum atomic E-state index is -0.0919. The van der Waals surface area contributed by atoms with E-state index in [1.807, 2.05) is 0 Å². The van der Waals surface area contributed by atoms with Gasteiger partial charge in [-0.15, -0.1) is 0 Å². The Hall–Kier alpha value is -1.38. The highest BCUT2D eigenvalue weighted by atomic mass is 16.3. The fourth-order valence-corrected chi connectivity index (χ4v) is 2.36. The quantitative estimate of drug-likeness (QED) is 0.866. The van der Waals surface area contributed by atoms with Gasteiger partial charge in [-0.1, -0.05) is 42.8 Å². The zero-order valence-corrected chi connectivity index (χ0v) is 11.1. The molecule has 2 atom stereocenters. The fraction of sp³-hybridized carbons (Fsp3) is 0.375. The molecule has 0 aliphatic heterocycles. The van der Waals surface area contributed by atoms with Crippen molar-refractivity contribution in [1.82, 2.24) is 0 Å². The molecule has 0 spiro atoms. The highest BCUT2D eigenvalue weighted by molar-refractivity contribution is 5.83. The summed E-state index contributed by atoms with van der Waals surface area (Å²) in [7, 11) is 0. The third-order valence-electron chi connectivity index (χ3n) is 3.67. The zero-order valence-electron chi connectivity index (χ0n) is 11.1. The van der Waals surface area contributed by atoms with Crippen molar-refractivity contribution in [2.45, 2.75) is 26.3 Å². The molecule has 0 saturated carbocycles. The molecule has 0 bridgehead atoms. The average Bonchev–Trinajstić information content (AvgIpc) is 2.39. The molecule has 0 fully saturated rings. The van der Waals surface area contributed by atoms with E-state index in [0.717, 1.165) is 12.0 Å². The molecule has 0 aliphatic carbocycles. The van der Waals surface area contributed by atoms with Gasteiger partial charge in [0.15, 0.2) is 0 Å². The Balaban J connectivity index is 2.37. The molecule has 0 amide bonds. The monoisotopic (exact) mass is 243 g/mol. The van der Waals surface area contributed by atoms with E-state index in [9.17, 15) is 5.11 Å². The van der Waals surface area contributed by atoms with Crippen LogP contribution in [-0.2, 0) is 0 Å². The van der Waals surface area contributed by atoms with Gasteiger partial charge in [-0.05, 0) is 35.7 Å². The Kier molecular flexibility index (Phi) is 4.00. The van der Waals surface area contributed by atoms with Crippen molar-refractivity contribution in [3.63, 3.8) is 0 Å². The molecule has 0 heterocycles. The molecular formula is C16H21NO. The molecule has 2 heteroatoms. The Bertz CT molecular complexity index is 532. The summed E-state index contributed by atoms with van der Waals surface area (Å²) in [6.45, 7) is 4.30. The minimum Gasteiger partial charge on any atom is -0.396 e. The number of hydrogen-bond acceptors (Lipinski definition) is 2. The molecule has 96 valence electrons. The number of aryl methyl sites for hydroxylation is 1. The van der Waals surface area contributed by atoms with Crippen LogP contribution in [0.5, 0.6) is 0 Å². The minimum absolute atomic E-state index is 0.0919. The first-order chi connectivity index (χ1) is 8.65. The van der Waals surface area contributed by atoms with Gasteiger partial charge in [-0.25, -0.2) is 0 Å². The first-order valence-corrected chi connectivity index (χ1v) is 6.52. The van der Waals surface area contributed by atoms with E-state index in [2.05, 4.69) is 50.2 Å². The van der Waals surface area contributed by atoms with Crippen molar-refractivity contribution in [3.8, 4) is 0 Å². The van der Waals surface area contributed by atoms with Crippen molar-refractivity contribution >= 4 is 10.8 Å². The lowest BCUT2D eigenvalue weighted by Gasteiger charge is -2.21. The van der Waals surface area contributed by atoms with Crippen LogP contribution in [-0.4, -0.2) is 11.7 Å². The van der Waals surface area contributed by atoms with Gasteiger partial charge in [0.05, 0.1) is 0 Å². The summed E-state index contributed by atoms with van der Waals surface area (Å²) in [5.41, 5.74) is 8.59. The van der Waals surface area contributed by atoms with Crippen LogP contribution in [0.2, 0.25) is 0 Å². The van der Waals surface area contributed by atoms with Crippen LogP contribution < -0.4 is 5.73 Å². The van der Waals surface area contributed by atoms with Crippen LogP contribution in [0.15, 0.2) is 36.4 Å². The van der Waals surface area contributed by atoms with Crippen molar-refractivity contribution in [2.24, 2.45) is 11.7 Å². The average molecular weight is 243 g/mol. The second-order valence-corrected chi connectivity index (χ2v) is 4.99. The molecule has 0 saturated heterocycles. The molecule has 2 aromatic rings. The Labute approximate surface area is 108 Å². The zero-order chi connectivity index (χ0) is 13.1. The smallest absolute Gasteiger partial charge is 0.0477 e. The lowest BCUT2D eigenvalue weighted by atomic mass is 9.91. The summed E-state index contributed by atoms with van der Waals surface area (Å²) < 4.78 is 0. The van der Waals surface area contributed by atoms with E-state index >= 15 is 0 Å². The van der Waals surface area contributed by atoms with E-state index < -0.39 is 0 Å². The third kappa shape index (κ3) is 2.55. The molecule has 2 aromatic carbocycles. The first kappa shape index (κ1) is 13.1. The molecule has 2 nitrogen and oxygen atoms in total. The maximum absolute atomic E-state index is 9.33. The summed E-state index contributed by atoms with van der Waals surface area (Å²) in [6, 6.07) is 12.6. The van der Waals surface area contributed by atoms with E-state index in [1.165, 1.54) is 16.3 Å². The summed E-state index contributed by atoms with van der Waals surface area (Å²) >= 11 is 0. The van der Waals surface area contributed by atoms with Crippen LogP contribution in [0.25, 0.3) is 10.8 Å². The maximum atomic E-state index is 9.33. The van der Waals surface area contributed by atoms with Gasteiger partial charge in [0, 0.05) is 18.6 Å². The van der Waals surface area contributed by atoms with Crippen molar-refractivity contribution in [1.29, 1.82) is 0 Å². The predicted molar refractivity (Wildman–Crippen MR) is 76.5 cm³/mol. The first-order valence-electron chi connectivity index (χ1n) is 6.52. The molecule has 2 unspecified atom stereocenters. The number of aliphatic hydroxyl groups excluding tert-OH is 1. The maximum Gasteiger partial charge on any atom is 0.0477 e. The van der Waals surface area contributed by atoms with E-state index in [-0.39, 0.29) is 18.6 Å². The van der Waals surface area contributed by atoms with E-state index in [1.54, 1.807) is 0 Å². The van der Waals surface area contributed by atoms with Crippen LogP contribution >= 0.6 is 0 Å². The SMILES string of the molecule is CCC(CO)C(N)c1ccc2cc(C)ccc2c1. The molecule has 2 rings (SSSR count). The normalized spacial score (nSPS) is 14.7. The predicted octanol–water partition coefficient (Wildman–Crippen LogP) is 3.17. The summed E-state index contributed by atoms with van der Waals surface area (Å²) in [5, 5.41) is 11.8. The molecule has 18 heavy (non-hydrogen) atoms. The van der Waals surface area contributed by atoms with Gasteiger partial charge in [0.25, 0.3) is 0 Å². The lowest BCUT2D eigenvalue weighted by Crippen LogP contribution is -2.23. The topological polar surface area (TPSA) is 46.2 Å². The molecule has 0 aromatic heterocycles. The van der Waals surface area contributed by atoms with E-state index in [0.29, 0.717) is 0 Å². The number of aliphatic hydroxyl groups is 1. The highest BCUT2D eigenvalue weighted by Crippen LogP contribution is 2.25. The Morgan fingerprint density at radius 2 is 1.78 bits per heavy atom. The lowest BCUT2D eigenvalue weighted by molar-refractivity contribution is 0.201. The summed E-state index contributed by atoms with van der Waals surface area (Å²) in [4.78, 5) is 0. The van der Waals surface area contributed by atoms with Crippen molar-refractivity contribution in [3.05, 3.63) is 47.5 Å². The number of rotatable bonds is 4. The third-order valence-corrected chi connectivity index (χ3v) is 3.67. The largest absolute Gasteiger partial charge is 0.396 e. The van der Waals surface area contributed by atoms with Gasteiger partial charge in [-0.3, -0.25) is 0 Å². The molecular weight excluding hydrogens is 222 g/mol. The van der Waals surface area contributed by atoms with Crippen molar-refractivity contribution < 1.29 is 5.11 Å². The molecule has 0 radical (unpaired) electrons. The Morgan fingerprint density at radius 3 is 2.44 bits per heavy atom. The number of fused-ring (bicyclic) bond motifs is 1. The second kappa shape index (κ2) is 5.51. The van der Waals surface area contributed by atoms with Gasteiger partial charge < -0.3 is 10.8 Å². The highest BCUT2D eigenvalue weighted by Gasteiger charge is 2.17. The van der Waals surface area contributed by atoms with Gasteiger partial charge in [0.2, 0.25) is 0 Å². The van der Waals surface area contributed by atoms with E-state index in [4.69, 9.17) is 5.73 Å². The molecule has 0 aliphatic rings. The fourth-order valence-electron chi connectivity index (χ4n) is 2.36. The molecule has 3 N–H and O–H groups in total. The van der Waals surface area contributed by atoms with Crippen LogP contribution in [0, 0.1) is 12.8 Å². The van der Waals surface area contributed by atoms with Gasteiger partial charge in [-0.2, -0.15) is 0 Å². The van der Waals surface area contributed by atoms with Crippen LogP contribution in [0.3, 0.4) is 0 Å². The van der Waals surface area contributed by atoms with Gasteiger partial charge >= 0.3 is 0 Å². The summed E-state index contributed by atoms with van der Waals surface area (Å²) in [6.07, 6.45) is 0.892. The Morgan fingerprint density at radius 1 is 1.11 bits per heavy atom. The summed E-state index contributed by atoms with van der Waals surface area (Å²) in [5.74, 6) is 0.132. The standard InChI is InChI=1S/C16H21NO/c1-3-12(10-18)16(17)15-7-6-13-8-11(2)4-5-14(13)9-15/h4-9,12,16,18H,3,10,17H2,1-2H3. The van der Waals surface area contributed by atoms with Crippen molar-refractivity contribution in [2.75, 3.05) is 6.61 Å². The van der Waals surface area contributed by atoms with Crippen LogP contribution in [0.1, 0.15) is 30.5 Å². The number of hydrogen-bond donors (Lipinski definition) is 2. The van der Waals surface area contributed by atoms with Gasteiger partial charge in [0.1, 0.15) is 0 Å².